The van der Waals surface area contributed by atoms with Gasteiger partial charge in [-0.05, 0) is 39.3 Å². The minimum Gasteiger partial charge on any atom is -0.444 e. The lowest BCUT2D eigenvalue weighted by Gasteiger charge is -2.27. The molecule has 0 spiro atoms. The van der Waals surface area contributed by atoms with E-state index in [2.05, 4.69) is 4.98 Å². The Morgan fingerprint density at radius 3 is 2.83 bits per heavy atom. The van der Waals surface area contributed by atoms with Crippen molar-refractivity contribution < 1.29 is 14.3 Å². The van der Waals surface area contributed by atoms with Crippen molar-refractivity contribution >= 4 is 23.5 Å². The van der Waals surface area contributed by atoms with Crippen LogP contribution in [-0.4, -0.2) is 39.9 Å². The number of aryl methyl sites for hydroxylation is 1. The molecule has 0 unspecified atom stereocenters. The summed E-state index contributed by atoms with van der Waals surface area (Å²) in [6, 6.07) is 2.87. The van der Waals surface area contributed by atoms with Gasteiger partial charge in [0, 0.05) is 29.9 Å². The third kappa shape index (κ3) is 5.06. The Morgan fingerprint density at radius 1 is 1.43 bits per heavy atom. The van der Waals surface area contributed by atoms with Crippen LogP contribution in [0.5, 0.6) is 0 Å². The second-order valence-electron chi connectivity index (χ2n) is 6.44. The summed E-state index contributed by atoms with van der Waals surface area (Å²) in [7, 11) is 0. The molecule has 0 aliphatic carbocycles. The topological polar surface area (TPSA) is 59.5 Å². The molecule has 0 aromatic carbocycles. The fourth-order valence-electron chi connectivity index (χ4n) is 2.30. The Hall–Kier alpha value is -1.88. The highest BCUT2D eigenvalue weighted by Gasteiger charge is 2.33. The van der Waals surface area contributed by atoms with Crippen molar-refractivity contribution in [3.8, 4) is 0 Å². The molecule has 5 nitrogen and oxygen atoms in total. The van der Waals surface area contributed by atoms with Crippen LogP contribution in [0.1, 0.15) is 32.9 Å². The number of ketones is 1. The predicted molar refractivity (Wildman–Crippen MR) is 88.4 cm³/mol. The van der Waals surface area contributed by atoms with Crippen molar-refractivity contribution in [1.29, 1.82) is 0 Å². The molecule has 0 saturated carbocycles. The highest BCUT2D eigenvalue weighted by Crippen LogP contribution is 2.18. The first-order chi connectivity index (χ1) is 10.8. The van der Waals surface area contributed by atoms with E-state index in [0.29, 0.717) is 24.4 Å². The zero-order chi connectivity index (χ0) is 17.0. The molecule has 0 saturated heterocycles. The molecular weight excluding hydrogens is 316 g/mol. The summed E-state index contributed by atoms with van der Waals surface area (Å²) in [5.41, 5.74) is 0.175. The predicted octanol–water partition coefficient (Wildman–Crippen LogP) is 3.41. The molecule has 1 amide bonds. The van der Waals surface area contributed by atoms with Gasteiger partial charge in [-0.3, -0.25) is 14.7 Å². The maximum absolute atomic E-state index is 12.4. The Labute approximate surface area is 141 Å². The van der Waals surface area contributed by atoms with E-state index < -0.39 is 17.7 Å². The summed E-state index contributed by atoms with van der Waals surface area (Å²) in [6.45, 7) is 5.79. The van der Waals surface area contributed by atoms with Crippen LogP contribution < -0.4 is 0 Å². The van der Waals surface area contributed by atoms with E-state index in [-0.39, 0.29) is 5.78 Å². The number of Topliss-reactive ketones (excluding diaryl/α,β-unsaturated/α-hetero) is 1. The minimum absolute atomic E-state index is 0.0358. The standard InChI is InChI=1S/C17H21ClN2O3/c1-17(2,3)23-16(22)20-10-4-5-14(20)15(21)7-6-13-11-12(18)8-9-19-13/h4-5,8-9,11,14H,6-7,10H2,1-3H3/t14-/m0/s1. The smallest absolute Gasteiger partial charge is 0.411 e. The molecule has 1 aliphatic heterocycles. The third-order valence-electron chi connectivity index (χ3n) is 3.32. The van der Waals surface area contributed by atoms with Gasteiger partial charge < -0.3 is 4.74 Å². The highest BCUT2D eigenvalue weighted by molar-refractivity contribution is 6.30. The van der Waals surface area contributed by atoms with Crippen LogP contribution in [0, 0.1) is 0 Å². The fraction of sp³-hybridized carbons (Fsp3) is 0.471. The van der Waals surface area contributed by atoms with Gasteiger partial charge in [0.2, 0.25) is 0 Å². The number of carbonyl (C=O) groups excluding carboxylic acids is 2. The molecule has 2 rings (SSSR count). The summed E-state index contributed by atoms with van der Waals surface area (Å²) >= 11 is 5.91. The number of halogens is 1. The van der Waals surface area contributed by atoms with Crippen molar-refractivity contribution in [2.45, 2.75) is 45.3 Å². The number of hydrogen-bond acceptors (Lipinski definition) is 4. The quantitative estimate of drug-likeness (QED) is 0.790. The molecule has 0 radical (unpaired) electrons. The maximum atomic E-state index is 12.4. The van der Waals surface area contributed by atoms with Gasteiger partial charge in [-0.25, -0.2) is 4.79 Å². The van der Waals surface area contributed by atoms with E-state index in [1.807, 2.05) is 6.08 Å². The van der Waals surface area contributed by atoms with Crippen LogP contribution in [-0.2, 0) is 16.0 Å². The molecule has 23 heavy (non-hydrogen) atoms. The average molecular weight is 337 g/mol. The van der Waals surface area contributed by atoms with Crippen LogP contribution in [0.2, 0.25) is 5.02 Å². The summed E-state index contributed by atoms with van der Waals surface area (Å²) in [5.74, 6) is -0.0358. The van der Waals surface area contributed by atoms with Gasteiger partial charge in [0.05, 0.1) is 0 Å². The second kappa shape index (κ2) is 7.13. The van der Waals surface area contributed by atoms with Crippen molar-refractivity contribution in [2.75, 3.05) is 6.54 Å². The fourth-order valence-corrected chi connectivity index (χ4v) is 2.48. The van der Waals surface area contributed by atoms with Crippen molar-refractivity contribution in [1.82, 2.24) is 9.88 Å². The number of pyridine rings is 1. The lowest BCUT2D eigenvalue weighted by atomic mass is 10.1. The molecule has 0 fully saturated rings. The van der Waals surface area contributed by atoms with Gasteiger partial charge in [-0.1, -0.05) is 23.8 Å². The Kier molecular flexibility index (Phi) is 5.42. The number of aromatic nitrogens is 1. The van der Waals surface area contributed by atoms with Gasteiger partial charge in [0.1, 0.15) is 11.6 Å². The van der Waals surface area contributed by atoms with Crippen LogP contribution in [0.25, 0.3) is 0 Å². The molecule has 0 N–H and O–H groups in total. The van der Waals surface area contributed by atoms with Crippen LogP contribution in [0.3, 0.4) is 0 Å². The van der Waals surface area contributed by atoms with Crippen molar-refractivity contribution in [3.63, 3.8) is 0 Å². The summed E-state index contributed by atoms with van der Waals surface area (Å²) < 4.78 is 5.35. The van der Waals surface area contributed by atoms with E-state index in [0.717, 1.165) is 5.69 Å². The normalized spacial score (nSPS) is 17.4. The Bertz CT molecular complexity index is 623. The highest BCUT2D eigenvalue weighted by atomic mass is 35.5. The van der Waals surface area contributed by atoms with Gasteiger partial charge in [-0.2, -0.15) is 0 Å². The Morgan fingerprint density at radius 2 is 2.17 bits per heavy atom. The molecule has 1 atom stereocenters. The van der Waals surface area contributed by atoms with Gasteiger partial charge in [0.15, 0.2) is 5.78 Å². The first kappa shape index (κ1) is 17.5. The van der Waals surface area contributed by atoms with E-state index in [1.54, 1.807) is 45.2 Å². The van der Waals surface area contributed by atoms with E-state index in [9.17, 15) is 9.59 Å². The molecule has 1 aromatic rings. The first-order valence-electron chi connectivity index (χ1n) is 7.56. The lowest BCUT2D eigenvalue weighted by Crippen LogP contribution is -2.43. The number of amides is 1. The summed E-state index contributed by atoms with van der Waals surface area (Å²) in [4.78, 5) is 30.2. The molecular formula is C17H21ClN2O3. The molecule has 6 heteroatoms. The monoisotopic (exact) mass is 336 g/mol. The number of rotatable bonds is 4. The summed E-state index contributed by atoms with van der Waals surface area (Å²) in [5, 5.41) is 0.596. The molecule has 1 aliphatic rings. The van der Waals surface area contributed by atoms with Crippen molar-refractivity contribution in [3.05, 3.63) is 41.2 Å². The number of hydrogen-bond donors (Lipinski definition) is 0. The van der Waals surface area contributed by atoms with Crippen molar-refractivity contribution in [2.24, 2.45) is 0 Å². The minimum atomic E-state index is -0.585. The first-order valence-corrected chi connectivity index (χ1v) is 7.93. The van der Waals surface area contributed by atoms with Gasteiger partial charge in [-0.15, -0.1) is 0 Å². The average Bonchev–Trinajstić information content (AvgIpc) is 2.92. The van der Waals surface area contributed by atoms with Gasteiger partial charge >= 0.3 is 6.09 Å². The lowest BCUT2D eigenvalue weighted by molar-refractivity contribution is -0.122. The number of ether oxygens (including phenoxy) is 1. The van der Waals surface area contributed by atoms with E-state index >= 15 is 0 Å². The van der Waals surface area contributed by atoms with Crippen LogP contribution >= 0.6 is 11.6 Å². The third-order valence-corrected chi connectivity index (χ3v) is 3.56. The van der Waals surface area contributed by atoms with E-state index in [1.165, 1.54) is 4.90 Å². The maximum Gasteiger partial charge on any atom is 0.411 e. The number of carbonyl (C=O) groups is 2. The summed E-state index contributed by atoms with van der Waals surface area (Å²) in [6.07, 6.45) is 5.49. The molecule has 0 bridgehead atoms. The molecule has 1 aromatic heterocycles. The SMILES string of the molecule is CC(C)(C)OC(=O)N1CC=C[C@H]1C(=O)CCc1cc(Cl)ccn1. The second-order valence-corrected chi connectivity index (χ2v) is 6.87. The zero-order valence-corrected chi connectivity index (χ0v) is 14.3. The van der Waals surface area contributed by atoms with E-state index in [4.69, 9.17) is 16.3 Å². The largest absolute Gasteiger partial charge is 0.444 e. The van der Waals surface area contributed by atoms with Crippen LogP contribution in [0.15, 0.2) is 30.5 Å². The Balaban J connectivity index is 1.95. The molecule has 2 heterocycles. The molecule has 124 valence electrons. The zero-order valence-electron chi connectivity index (χ0n) is 13.6. The van der Waals surface area contributed by atoms with Gasteiger partial charge in [0.25, 0.3) is 0 Å². The van der Waals surface area contributed by atoms with Crippen LogP contribution in [0.4, 0.5) is 4.79 Å². The number of nitrogens with zero attached hydrogens (tertiary/aromatic N) is 2.